The Hall–Kier alpha value is -2.16. The molecule has 1 saturated heterocycles. The van der Waals surface area contributed by atoms with Gasteiger partial charge in [0.15, 0.2) is 0 Å². The van der Waals surface area contributed by atoms with Gasteiger partial charge in [0.25, 0.3) is 0 Å². The van der Waals surface area contributed by atoms with E-state index in [1.807, 2.05) is 19.1 Å². The van der Waals surface area contributed by atoms with Crippen molar-refractivity contribution in [1.82, 2.24) is 9.29 Å². The van der Waals surface area contributed by atoms with E-state index in [9.17, 15) is 13.2 Å². The summed E-state index contributed by atoms with van der Waals surface area (Å²) in [5.41, 5.74) is 9.17. The second kappa shape index (κ2) is 7.71. The molecule has 0 atom stereocenters. The number of hydrogen-bond donors (Lipinski definition) is 1. The maximum Gasteiger partial charge on any atom is 0.243 e. The van der Waals surface area contributed by atoms with Crippen molar-refractivity contribution in [3.05, 3.63) is 35.0 Å². The lowest BCUT2D eigenvalue weighted by Crippen LogP contribution is -2.42. The zero-order valence-corrected chi connectivity index (χ0v) is 19.7. The molecular weight excluding hydrogens is 448 g/mol. The quantitative estimate of drug-likeness (QED) is 0.725. The number of hydrogen-bond acceptors (Lipinski definition) is 6. The van der Waals surface area contributed by atoms with Crippen LogP contribution in [0.3, 0.4) is 0 Å². The molecule has 2 aromatic rings. The number of rotatable bonds is 3. The minimum absolute atomic E-state index is 0.173. The number of benzene rings is 1. The van der Waals surface area contributed by atoms with E-state index < -0.39 is 10.0 Å². The van der Waals surface area contributed by atoms with Gasteiger partial charge in [-0.15, -0.1) is 0 Å². The van der Waals surface area contributed by atoms with Gasteiger partial charge >= 0.3 is 0 Å². The number of halogens is 1. The highest BCUT2D eigenvalue weighted by Crippen LogP contribution is 2.47. The number of nitrogens with zero attached hydrogens (tertiary/aromatic N) is 3. The standard InChI is InChI=1S/C23H27ClN4O3S/c1-2-28-14-16-12-15(5-6-18(16)32(28,30)31)17-13-26-22(25)20(24)21(17)27-10-8-23(9-11-27)7-3-4-19(23)29/h5-6,12-13H,2-4,7-11,14H2,1H3,(H2,25,26). The lowest BCUT2D eigenvalue weighted by molar-refractivity contribution is -0.126. The summed E-state index contributed by atoms with van der Waals surface area (Å²) in [6.45, 7) is 4.09. The number of nitrogens with two attached hydrogens (primary N) is 1. The molecule has 1 aromatic heterocycles. The summed E-state index contributed by atoms with van der Waals surface area (Å²) in [6.07, 6.45) is 6.01. The Labute approximate surface area is 193 Å². The molecule has 1 aliphatic carbocycles. The molecule has 1 spiro atoms. The van der Waals surface area contributed by atoms with Crippen LogP contribution in [0.5, 0.6) is 0 Å². The van der Waals surface area contributed by atoms with Crippen LogP contribution in [0.1, 0.15) is 44.6 Å². The van der Waals surface area contributed by atoms with Crippen LogP contribution in [0.4, 0.5) is 11.5 Å². The summed E-state index contributed by atoms with van der Waals surface area (Å²) in [5, 5.41) is 0.402. The van der Waals surface area contributed by atoms with Gasteiger partial charge in [-0.05, 0) is 48.9 Å². The highest BCUT2D eigenvalue weighted by molar-refractivity contribution is 7.89. The number of anilines is 2. The Morgan fingerprint density at radius 2 is 1.97 bits per heavy atom. The molecule has 2 aliphatic heterocycles. The SMILES string of the molecule is CCN1Cc2cc(-c3cnc(N)c(Cl)c3N3CCC4(CCCC4=O)CC3)ccc2S1(=O)=O. The molecule has 170 valence electrons. The number of carbonyl (C=O) groups excluding carboxylic acids is 1. The Morgan fingerprint density at radius 3 is 2.62 bits per heavy atom. The highest BCUT2D eigenvalue weighted by Gasteiger charge is 2.44. The first-order valence-corrected chi connectivity index (χ1v) is 12.9. The van der Waals surface area contributed by atoms with E-state index in [1.165, 1.54) is 4.31 Å². The van der Waals surface area contributed by atoms with Crippen molar-refractivity contribution in [3.8, 4) is 11.1 Å². The molecule has 5 rings (SSSR count). The molecule has 32 heavy (non-hydrogen) atoms. The fraction of sp³-hybridized carbons (Fsp3) is 0.478. The Bertz CT molecular complexity index is 1210. The third-order valence-electron chi connectivity index (χ3n) is 7.40. The first kappa shape index (κ1) is 21.7. The Kier molecular flexibility index (Phi) is 5.22. The first-order valence-electron chi connectivity index (χ1n) is 11.1. The molecular formula is C23H27ClN4O3S. The van der Waals surface area contributed by atoms with Crippen molar-refractivity contribution in [2.45, 2.75) is 50.5 Å². The molecule has 3 aliphatic rings. The summed E-state index contributed by atoms with van der Waals surface area (Å²) in [6, 6.07) is 5.40. The lowest BCUT2D eigenvalue weighted by atomic mass is 9.76. The van der Waals surface area contributed by atoms with Gasteiger partial charge in [-0.25, -0.2) is 13.4 Å². The van der Waals surface area contributed by atoms with E-state index in [0.29, 0.717) is 35.2 Å². The van der Waals surface area contributed by atoms with Gasteiger partial charge in [-0.1, -0.05) is 24.6 Å². The summed E-state index contributed by atoms with van der Waals surface area (Å²) in [4.78, 5) is 19.3. The molecule has 1 aromatic carbocycles. The van der Waals surface area contributed by atoms with E-state index in [2.05, 4.69) is 9.88 Å². The minimum atomic E-state index is -3.43. The zero-order chi connectivity index (χ0) is 22.7. The molecule has 1 saturated carbocycles. The van der Waals surface area contributed by atoms with E-state index >= 15 is 0 Å². The second-order valence-electron chi connectivity index (χ2n) is 9.02. The van der Waals surface area contributed by atoms with Gasteiger partial charge < -0.3 is 10.6 Å². The molecule has 0 bridgehead atoms. The molecule has 0 radical (unpaired) electrons. The summed E-state index contributed by atoms with van der Waals surface area (Å²) < 4.78 is 26.8. The number of piperidine rings is 1. The lowest BCUT2D eigenvalue weighted by Gasteiger charge is -2.40. The van der Waals surface area contributed by atoms with Gasteiger partial charge in [0.2, 0.25) is 10.0 Å². The number of pyridine rings is 1. The third kappa shape index (κ3) is 3.23. The predicted octanol–water partition coefficient (Wildman–Crippen LogP) is 3.85. The first-order chi connectivity index (χ1) is 15.3. The van der Waals surface area contributed by atoms with Crippen molar-refractivity contribution in [3.63, 3.8) is 0 Å². The summed E-state index contributed by atoms with van der Waals surface area (Å²) >= 11 is 6.67. The molecule has 0 amide bonds. The molecule has 9 heteroatoms. The maximum atomic E-state index is 12.7. The van der Waals surface area contributed by atoms with Crippen LogP contribution >= 0.6 is 11.6 Å². The van der Waals surface area contributed by atoms with E-state index in [4.69, 9.17) is 17.3 Å². The second-order valence-corrected chi connectivity index (χ2v) is 11.3. The zero-order valence-electron chi connectivity index (χ0n) is 18.1. The number of sulfonamides is 1. The van der Waals surface area contributed by atoms with Crippen molar-refractivity contribution >= 4 is 38.9 Å². The van der Waals surface area contributed by atoms with Gasteiger partial charge in [0.1, 0.15) is 16.6 Å². The topological polar surface area (TPSA) is 96.6 Å². The molecule has 7 nitrogen and oxygen atoms in total. The Morgan fingerprint density at radius 1 is 1.22 bits per heavy atom. The van der Waals surface area contributed by atoms with Gasteiger partial charge in [0, 0.05) is 49.8 Å². The summed E-state index contributed by atoms with van der Waals surface area (Å²) in [5.74, 6) is 0.668. The maximum absolute atomic E-state index is 12.7. The van der Waals surface area contributed by atoms with Crippen LogP contribution in [0, 0.1) is 5.41 Å². The van der Waals surface area contributed by atoms with Crippen LogP contribution in [0.2, 0.25) is 5.02 Å². The van der Waals surface area contributed by atoms with E-state index in [0.717, 1.165) is 61.2 Å². The smallest absolute Gasteiger partial charge is 0.243 e. The van der Waals surface area contributed by atoms with Crippen molar-refractivity contribution in [2.24, 2.45) is 5.41 Å². The molecule has 2 fully saturated rings. The fourth-order valence-electron chi connectivity index (χ4n) is 5.51. The number of aromatic nitrogens is 1. The average molecular weight is 475 g/mol. The van der Waals surface area contributed by atoms with Crippen LogP contribution in [0.25, 0.3) is 11.1 Å². The van der Waals surface area contributed by atoms with Crippen molar-refractivity contribution in [1.29, 1.82) is 0 Å². The molecule has 0 unspecified atom stereocenters. The fourth-order valence-corrected chi connectivity index (χ4v) is 7.40. The van der Waals surface area contributed by atoms with Crippen LogP contribution < -0.4 is 10.6 Å². The monoisotopic (exact) mass is 474 g/mol. The van der Waals surface area contributed by atoms with Crippen molar-refractivity contribution in [2.75, 3.05) is 30.3 Å². The normalized spacial score (nSPS) is 21.9. The van der Waals surface area contributed by atoms with Crippen LogP contribution in [-0.2, 0) is 21.4 Å². The minimum Gasteiger partial charge on any atom is -0.382 e. The molecule has 2 N–H and O–H groups in total. The van der Waals surface area contributed by atoms with Gasteiger partial charge in [-0.3, -0.25) is 4.79 Å². The van der Waals surface area contributed by atoms with Crippen molar-refractivity contribution < 1.29 is 13.2 Å². The highest BCUT2D eigenvalue weighted by atomic mass is 35.5. The Balaban J connectivity index is 1.52. The summed E-state index contributed by atoms with van der Waals surface area (Å²) in [7, 11) is -3.43. The largest absolute Gasteiger partial charge is 0.382 e. The third-order valence-corrected chi connectivity index (χ3v) is 9.79. The number of Topliss-reactive ketones (excluding diaryl/α,β-unsaturated/α-hetero) is 1. The van der Waals surface area contributed by atoms with Gasteiger partial charge in [0.05, 0.1) is 10.6 Å². The number of nitrogen functional groups attached to an aromatic ring is 1. The number of fused-ring (bicyclic) bond motifs is 1. The van der Waals surface area contributed by atoms with Crippen LogP contribution in [0.15, 0.2) is 29.3 Å². The number of carbonyl (C=O) groups is 1. The molecule has 3 heterocycles. The predicted molar refractivity (Wildman–Crippen MR) is 125 cm³/mol. The van der Waals surface area contributed by atoms with E-state index in [1.54, 1.807) is 12.3 Å². The van der Waals surface area contributed by atoms with Gasteiger partial charge in [-0.2, -0.15) is 4.31 Å². The van der Waals surface area contributed by atoms with E-state index in [-0.39, 0.29) is 11.2 Å². The van der Waals surface area contributed by atoms with Crippen LogP contribution in [-0.4, -0.2) is 43.1 Å². The average Bonchev–Trinajstić information content (AvgIpc) is 3.26. The number of ketones is 1.